The number of methoxy groups -OCH3 is 1. The lowest BCUT2D eigenvalue weighted by Crippen LogP contribution is -2.30. The number of amides is 1. The van der Waals surface area contributed by atoms with Crippen LogP contribution in [0, 0.1) is 10.1 Å². The molecule has 4 rings (SSSR count). The lowest BCUT2D eigenvalue weighted by Gasteiger charge is -2.14. The Morgan fingerprint density at radius 1 is 1.17 bits per heavy atom. The molecule has 0 aliphatic carbocycles. The van der Waals surface area contributed by atoms with Gasteiger partial charge in [-0.2, -0.15) is 0 Å². The zero-order valence-corrected chi connectivity index (χ0v) is 21.2. The van der Waals surface area contributed by atoms with Crippen LogP contribution in [-0.2, 0) is 17.8 Å². The summed E-state index contributed by atoms with van der Waals surface area (Å²) in [5.41, 5.74) is 3.13. The molecular formula is C26H24ClN3O5S. The maximum Gasteiger partial charge on any atom is 0.269 e. The predicted octanol–water partition coefficient (Wildman–Crippen LogP) is 6.00. The molecule has 1 atom stereocenters. The van der Waals surface area contributed by atoms with Gasteiger partial charge >= 0.3 is 0 Å². The minimum absolute atomic E-state index is 0.0192. The van der Waals surface area contributed by atoms with Crippen molar-refractivity contribution in [3.8, 4) is 11.5 Å². The van der Waals surface area contributed by atoms with E-state index in [-0.39, 0.29) is 23.7 Å². The Kier molecular flexibility index (Phi) is 8.02. The Hall–Kier alpha value is -3.69. The third-order valence-corrected chi connectivity index (χ3v) is 6.75. The van der Waals surface area contributed by atoms with Crippen LogP contribution < -0.4 is 20.1 Å². The molecule has 186 valence electrons. The van der Waals surface area contributed by atoms with Gasteiger partial charge in [-0.1, -0.05) is 54.6 Å². The Morgan fingerprint density at radius 3 is 2.64 bits per heavy atom. The maximum absolute atomic E-state index is 12.5. The number of carbonyl (C=O) groups excluding carboxylic acids is 1. The van der Waals surface area contributed by atoms with Gasteiger partial charge in [0.05, 0.1) is 22.0 Å². The standard InChI is InChI=1S/C26H24ClN3O5S/c1-3-16-7-9-19(10-8-16)28-26-29-25(31)23(36-26)14-18-12-21(27)24(22(13-18)34-2)35-15-17-5-4-6-20(11-17)30(32)33/h4-14,26,28H,3,15H2,1-2H3,(H,29,31)/b23-14-. The average molecular weight is 526 g/mol. The largest absolute Gasteiger partial charge is 0.493 e. The Balaban J connectivity index is 1.47. The third-order valence-electron chi connectivity index (χ3n) is 5.44. The fraction of sp³-hybridized carbons (Fsp3) is 0.192. The molecule has 1 amide bonds. The number of hydrogen-bond acceptors (Lipinski definition) is 7. The number of benzene rings is 3. The number of nitrogens with one attached hydrogen (secondary N) is 2. The summed E-state index contributed by atoms with van der Waals surface area (Å²) in [6.45, 7) is 2.17. The van der Waals surface area contributed by atoms with E-state index >= 15 is 0 Å². The second-order valence-corrected chi connectivity index (χ2v) is 9.48. The van der Waals surface area contributed by atoms with Crippen molar-refractivity contribution in [2.24, 2.45) is 0 Å². The van der Waals surface area contributed by atoms with Crippen molar-refractivity contribution in [2.45, 2.75) is 25.4 Å². The molecule has 36 heavy (non-hydrogen) atoms. The van der Waals surface area contributed by atoms with Gasteiger partial charge < -0.3 is 20.1 Å². The van der Waals surface area contributed by atoms with E-state index in [1.807, 2.05) is 12.1 Å². The monoisotopic (exact) mass is 525 g/mol. The highest BCUT2D eigenvalue weighted by molar-refractivity contribution is 8.05. The van der Waals surface area contributed by atoms with Gasteiger partial charge in [0.1, 0.15) is 6.61 Å². The van der Waals surface area contributed by atoms with Crippen LogP contribution in [-0.4, -0.2) is 23.4 Å². The number of carbonyl (C=O) groups is 1. The minimum Gasteiger partial charge on any atom is -0.493 e. The van der Waals surface area contributed by atoms with Crippen LogP contribution in [0.15, 0.2) is 65.6 Å². The summed E-state index contributed by atoms with van der Waals surface area (Å²) in [4.78, 5) is 23.6. The molecule has 8 nitrogen and oxygen atoms in total. The van der Waals surface area contributed by atoms with Crippen LogP contribution in [0.5, 0.6) is 11.5 Å². The lowest BCUT2D eigenvalue weighted by atomic mass is 10.1. The molecule has 0 aromatic heterocycles. The summed E-state index contributed by atoms with van der Waals surface area (Å²) in [7, 11) is 1.49. The summed E-state index contributed by atoms with van der Waals surface area (Å²) in [5.74, 6) is 0.504. The van der Waals surface area contributed by atoms with E-state index < -0.39 is 4.92 Å². The number of hydrogen-bond donors (Lipinski definition) is 2. The highest BCUT2D eigenvalue weighted by Crippen LogP contribution is 2.39. The summed E-state index contributed by atoms with van der Waals surface area (Å²) in [6, 6.07) is 17.7. The molecule has 0 spiro atoms. The number of nitrogens with zero attached hydrogens (tertiary/aromatic N) is 1. The number of non-ortho nitro benzene ring substituents is 1. The van der Waals surface area contributed by atoms with E-state index in [1.54, 1.807) is 30.3 Å². The maximum atomic E-state index is 12.5. The smallest absolute Gasteiger partial charge is 0.269 e. The van der Waals surface area contributed by atoms with Gasteiger partial charge in [0.2, 0.25) is 0 Å². The summed E-state index contributed by atoms with van der Waals surface area (Å²) in [5, 5.41) is 17.5. The topological polar surface area (TPSA) is 103 Å². The Bertz CT molecular complexity index is 1310. The molecule has 1 aliphatic rings. The SMILES string of the molecule is CCc1ccc(NC2NC(=O)/C(=C/c3cc(Cl)c(OCc4cccc([N+](=O)[O-])c4)c(OC)c3)S2)cc1. The first kappa shape index (κ1) is 25.4. The Morgan fingerprint density at radius 2 is 1.94 bits per heavy atom. The van der Waals surface area contributed by atoms with Crippen LogP contribution in [0.3, 0.4) is 0 Å². The molecular weight excluding hydrogens is 502 g/mol. The van der Waals surface area contributed by atoms with Gasteiger partial charge in [0.15, 0.2) is 17.0 Å². The van der Waals surface area contributed by atoms with Gasteiger partial charge in [0.25, 0.3) is 11.6 Å². The van der Waals surface area contributed by atoms with E-state index in [1.165, 1.54) is 36.6 Å². The second-order valence-electron chi connectivity index (χ2n) is 7.92. The molecule has 1 aliphatic heterocycles. The van der Waals surface area contributed by atoms with Crippen LogP contribution in [0.25, 0.3) is 6.08 Å². The number of anilines is 1. The molecule has 0 saturated carbocycles. The number of aryl methyl sites for hydroxylation is 1. The summed E-state index contributed by atoms with van der Waals surface area (Å²) in [6.07, 6.45) is 2.70. The number of halogens is 1. The fourth-order valence-electron chi connectivity index (χ4n) is 3.58. The minimum atomic E-state index is -0.460. The fourth-order valence-corrected chi connectivity index (χ4v) is 4.84. The number of nitro groups is 1. The van der Waals surface area contributed by atoms with Crippen LogP contribution in [0.4, 0.5) is 11.4 Å². The number of nitro benzene ring substituents is 1. The molecule has 10 heteroatoms. The van der Waals surface area contributed by atoms with E-state index in [4.69, 9.17) is 21.1 Å². The van der Waals surface area contributed by atoms with Crippen LogP contribution >= 0.6 is 23.4 Å². The zero-order valence-electron chi connectivity index (χ0n) is 19.6. The van der Waals surface area contributed by atoms with E-state index in [9.17, 15) is 14.9 Å². The van der Waals surface area contributed by atoms with Crippen molar-refractivity contribution in [1.82, 2.24) is 5.32 Å². The van der Waals surface area contributed by atoms with Gasteiger partial charge in [-0.05, 0) is 53.5 Å². The molecule has 0 radical (unpaired) electrons. The van der Waals surface area contributed by atoms with Gasteiger partial charge in [-0.25, -0.2) is 0 Å². The van der Waals surface area contributed by atoms with Gasteiger partial charge in [-0.15, -0.1) is 0 Å². The van der Waals surface area contributed by atoms with Crippen molar-refractivity contribution >= 4 is 46.7 Å². The normalized spacial score (nSPS) is 16.0. The summed E-state index contributed by atoms with van der Waals surface area (Å²) < 4.78 is 11.3. The van der Waals surface area contributed by atoms with E-state index in [0.717, 1.165) is 12.1 Å². The van der Waals surface area contributed by atoms with Crippen LogP contribution in [0.2, 0.25) is 5.02 Å². The molecule has 1 saturated heterocycles. The number of ether oxygens (including phenoxy) is 2. The first-order chi connectivity index (χ1) is 17.4. The highest BCUT2D eigenvalue weighted by atomic mass is 35.5. The van der Waals surface area contributed by atoms with E-state index in [2.05, 4.69) is 29.7 Å². The first-order valence-electron chi connectivity index (χ1n) is 11.1. The summed E-state index contributed by atoms with van der Waals surface area (Å²) >= 11 is 7.85. The molecule has 1 unspecified atom stereocenters. The van der Waals surface area contributed by atoms with Crippen molar-refractivity contribution in [3.63, 3.8) is 0 Å². The van der Waals surface area contributed by atoms with Gasteiger partial charge in [0, 0.05) is 17.8 Å². The number of rotatable bonds is 9. The third kappa shape index (κ3) is 6.10. The zero-order chi connectivity index (χ0) is 25.7. The highest BCUT2D eigenvalue weighted by Gasteiger charge is 2.27. The lowest BCUT2D eigenvalue weighted by molar-refractivity contribution is -0.384. The van der Waals surface area contributed by atoms with Crippen molar-refractivity contribution in [1.29, 1.82) is 0 Å². The number of thioether (sulfide) groups is 1. The van der Waals surface area contributed by atoms with Crippen molar-refractivity contribution < 1.29 is 19.2 Å². The average Bonchev–Trinajstić information content (AvgIpc) is 3.21. The quantitative estimate of drug-likeness (QED) is 0.201. The molecule has 1 fully saturated rings. The Labute approximate surface area is 217 Å². The van der Waals surface area contributed by atoms with E-state index in [0.29, 0.717) is 32.6 Å². The van der Waals surface area contributed by atoms with Crippen molar-refractivity contribution in [3.05, 3.63) is 97.4 Å². The predicted molar refractivity (Wildman–Crippen MR) is 142 cm³/mol. The molecule has 2 N–H and O–H groups in total. The molecule has 3 aromatic rings. The van der Waals surface area contributed by atoms with Crippen molar-refractivity contribution in [2.75, 3.05) is 12.4 Å². The molecule has 3 aromatic carbocycles. The van der Waals surface area contributed by atoms with Crippen LogP contribution in [0.1, 0.15) is 23.6 Å². The van der Waals surface area contributed by atoms with Gasteiger partial charge in [-0.3, -0.25) is 14.9 Å². The first-order valence-corrected chi connectivity index (χ1v) is 12.4. The molecule has 1 heterocycles. The molecule has 0 bridgehead atoms. The second kappa shape index (κ2) is 11.4.